The maximum Gasteiger partial charge on any atom is 0.206 e. The summed E-state index contributed by atoms with van der Waals surface area (Å²) in [6.45, 7) is 12.9. The maximum atomic E-state index is 14.5. The van der Waals surface area contributed by atoms with E-state index in [0.717, 1.165) is 12.8 Å². The molecule has 2 aromatic heterocycles. The monoisotopic (exact) mass is 682 g/mol. The number of anilines is 1. The fourth-order valence-corrected chi connectivity index (χ4v) is 8.97. The van der Waals surface area contributed by atoms with Gasteiger partial charge < -0.3 is 24.3 Å². The number of hydrogen-bond acceptors (Lipinski definition) is 9. The van der Waals surface area contributed by atoms with Gasteiger partial charge >= 0.3 is 0 Å². The molecule has 2 heterocycles. The van der Waals surface area contributed by atoms with Crippen molar-refractivity contribution in [2.45, 2.75) is 168 Å². The third kappa shape index (κ3) is 15.1. The van der Waals surface area contributed by atoms with E-state index < -0.39 is 19.2 Å². The minimum atomic E-state index is -3.27. The minimum Gasteiger partial charge on any atom is -0.382 e. The number of aromatic nitrogens is 4. The molecule has 0 fully saturated rings. The number of nitrogens with one attached hydrogen (secondary N) is 1. The van der Waals surface area contributed by atoms with Crippen LogP contribution in [0.5, 0.6) is 0 Å². The van der Waals surface area contributed by atoms with E-state index in [0.29, 0.717) is 36.6 Å². The molecule has 0 amide bonds. The van der Waals surface area contributed by atoms with Gasteiger partial charge in [-0.25, -0.2) is 15.0 Å². The molecule has 0 bridgehead atoms. The summed E-state index contributed by atoms with van der Waals surface area (Å²) in [5.41, 5.74) is 7.10. The summed E-state index contributed by atoms with van der Waals surface area (Å²) in [5.74, 6) is -0.215. The first-order valence-corrected chi connectivity index (χ1v) is 20.7. The van der Waals surface area contributed by atoms with Crippen LogP contribution < -0.4 is 10.8 Å². The molecular formula is C34H63N6O4PS. The maximum absolute atomic E-state index is 14.5. The second-order valence-corrected chi connectivity index (χ2v) is 17.2. The molecule has 2 aromatic rings. The van der Waals surface area contributed by atoms with E-state index in [1.54, 1.807) is 13.3 Å². The van der Waals surface area contributed by atoms with Crippen LogP contribution in [0.3, 0.4) is 0 Å². The first kappa shape index (κ1) is 40.7. The number of nitrogens with two attached hydrogens (primary N) is 1. The van der Waals surface area contributed by atoms with Crippen LogP contribution in [0.4, 0.5) is 5.82 Å². The van der Waals surface area contributed by atoms with E-state index in [1.165, 1.54) is 95.1 Å². The molecule has 10 nitrogen and oxygen atoms in total. The Bertz CT molecular complexity index is 1170. The zero-order chi connectivity index (χ0) is 33.8. The van der Waals surface area contributed by atoms with Gasteiger partial charge in [-0.3, -0.25) is 9.88 Å². The smallest absolute Gasteiger partial charge is 0.206 e. The van der Waals surface area contributed by atoms with Crippen LogP contribution in [0.1, 0.15) is 138 Å². The van der Waals surface area contributed by atoms with Gasteiger partial charge in [-0.05, 0) is 26.7 Å². The number of imidazole rings is 1. The van der Waals surface area contributed by atoms with Gasteiger partial charge in [0.2, 0.25) is 12.4 Å². The third-order valence-electron chi connectivity index (χ3n) is 8.17. The van der Waals surface area contributed by atoms with Crippen LogP contribution in [-0.2, 0) is 25.4 Å². The van der Waals surface area contributed by atoms with E-state index >= 15 is 0 Å². The zero-order valence-corrected chi connectivity index (χ0v) is 31.3. The summed E-state index contributed by atoms with van der Waals surface area (Å²) in [6.07, 6.45) is 21.4. The number of ether oxygens (including phenoxy) is 2. The van der Waals surface area contributed by atoms with Crippen molar-refractivity contribution in [3.05, 3.63) is 12.7 Å². The van der Waals surface area contributed by atoms with Crippen LogP contribution in [0.25, 0.3) is 11.2 Å². The average molecular weight is 683 g/mol. The minimum absolute atomic E-state index is 0.0349. The summed E-state index contributed by atoms with van der Waals surface area (Å²) in [7, 11) is -3.27. The van der Waals surface area contributed by atoms with Crippen molar-refractivity contribution in [2.24, 2.45) is 0 Å². The molecule has 0 aromatic carbocycles. The van der Waals surface area contributed by atoms with E-state index in [4.69, 9.17) is 15.2 Å². The predicted octanol–water partition coefficient (Wildman–Crippen LogP) is 8.93. The Kier molecular flexibility index (Phi) is 20.3. The number of carbonyl (C=O) groups is 1. The van der Waals surface area contributed by atoms with Crippen molar-refractivity contribution in [3.8, 4) is 0 Å². The Morgan fingerprint density at radius 3 is 2.04 bits per heavy atom. The summed E-state index contributed by atoms with van der Waals surface area (Å²) >= 11 is 1.25. The molecule has 0 radical (unpaired) electrons. The summed E-state index contributed by atoms with van der Waals surface area (Å²) in [6, 6.07) is -0.590. The number of nitrogen functional groups attached to an aromatic ring is 1. The fraction of sp³-hybridized carbons (Fsp3) is 0.824. The Morgan fingerprint density at radius 1 is 0.891 bits per heavy atom. The van der Waals surface area contributed by atoms with Gasteiger partial charge in [0.1, 0.15) is 24.0 Å². The number of thioether (sulfide) groups is 1. The van der Waals surface area contributed by atoms with Gasteiger partial charge in [-0.2, -0.15) is 0 Å². The number of fused-ring (bicyclic) bond motifs is 1. The molecule has 4 atom stereocenters. The lowest BCUT2D eigenvalue weighted by Gasteiger charge is -2.31. The lowest BCUT2D eigenvalue weighted by atomic mass is 10.0. The van der Waals surface area contributed by atoms with Gasteiger partial charge in [-0.1, -0.05) is 123 Å². The summed E-state index contributed by atoms with van der Waals surface area (Å²) in [4.78, 5) is 25.4. The Balaban J connectivity index is 1.83. The topological polar surface area (TPSA) is 134 Å². The molecule has 2 rings (SSSR count). The van der Waals surface area contributed by atoms with Crippen molar-refractivity contribution in [2.75, 3.05) is 18.7 Å². The molecule has 3 N–H and O–H groups in total. The van der Waals surface area contributed by atoms with E-state index in [2.05, 4.69) is 27.0 Å². The summed E-state index contributed by atoms with van der Waals surface area (Å²) in [5, 5.41) is 3.29. The number of rotatable bonds is 27. The Morgan fingerprint density at radius 2 is 1.48 bits per heavy atom. The molecular weight excluding hydrogens is 619 g/mol. The van der Waals surface area contributed by atoms with Crippen molar-refractivity contribution < 1.29 is 18.8 Å². The Hall–Kier alpha value is -1.52. The SMILES string of the molecule is CCCCCCCCCCCCCCCCOC(CC)P(=O)(CO[C@H](C)Cn1cnc2c(N)ncnc21)N[C@@H](C)C(=O)SC(C)C. The lowest BCUT2D eigenvalue weighted by Crippen LogP contribution is -2.36. The van der Waals surface area contributed by atoms with Gasteiger partial charge in [0.25, 0.3) is 0 Å². The van der Waals surface area contributed by atoms with E-state index in [-0.39, 0.29) is 22.8 Å². The van der Waals surface area contributed by atoms with Crippen molar-refractivity contribution in [3.63, 3.8) is 0 Å². The van der Waals surface area contributed by atoms with E-state index in [9.17, 15) is 9.36 Å². The molecule has 0 aliphatic heterocycles. The van der Waals surface area contributed by atoms with Gasteiger partial charge in [0.05, 0.1) is 25.0 Å². The number of hydrogen-bond donors (Lipinski definition) is 2. The van der Waals surface area contributed by atoms with E-state index in [1.807, 2.05) is 32.3 Å². The van der Waals surface area contributed by atoms with Crippen LogP contribution in [0, 0.1) is 0 Å². The quantitative estimate of drug-likeness (QED) is 0.0695. The lowest BCUT2D eigenvalue weighted by molar-refractivity contribution is -0.112. The van der Waals surface area contributed by atoms with Crippen LogP contribution in [-0.4, -0.2) is 60.8 Å². The van der Waals surface area contributed by atoms with Gasteiger partial charge in [0.15, 0.2) is 11.5 Å². The predicted molar refractivity (Wildman–Crippen MR) is 193 cm³/mol. The van der Waals surface area contributed by atoms with Gasteiger partial charge in [-0.15, -0.1) is 0 Å². The van der Waals surface area contributed by atoms with Crippen LogP contribution >= 0.6 is 19.1 Å². The van der Waals surface area contributed by atoms with Crippen molar-refractivity contribution in [1.29, 1.82) is 0 Å². The second-order valence-electron chi connectivity index (χ2n) is 12.9. The molecule has 2 unspecified atom stereocenters. The molecule has 264 valence electrons. The molecule has 0 aliphatic carbocycles. The average Bonchev–Trinajstić information content (AvgIpc) is 3.43. The standard InChI is InChI=1S/C34H63N6O4PS/c1-7-9-10-11-12-13-14-15-16-17-18-19-20-21-22-43-30(8-2)45(42,39-29(6)34(41)46-27(3)4)26-44-28(5)23-40-25-38-31-32(35)36-24-37-33(31)40/h24-25,27-30H,7-23,26H2,1-6H3,(H,39,42)(H2,35,36,37)/t28-,29+,30?,45?/m1/s1. The highest BCUT2D eigenvalue weighted by Crippen LogP contribution is 2.49. The number of unbranched alkanes of at least 4 members (excludes halogenated alkanes) is 13. The number of nitrogens with zero attached hydrogens (tertiary/aromatic N) is 4. The fourth-order valence-electron chi connectivity index (χ4n) is 5.57. The highest BCUT2D eigenvalue weighted by molar-refractivity contribution is 8.14. The highest BCUT2D eigenvalue weighted by Gasteiger charge is 2.36. The second kappa shape index (κ2) is 22.9. The molecule has 46 heavy (non-hydrogen) atoms. The summed E-state index contributed by atoms with van der Waals surface area (Å²) < 4.78 is 28.8. The zero-order valence-electron chi connectivity index (χ0n) is 29.5. The molecule has 0 aliphatic rings. The van der Waals surface area contributed by atoms with Crippen molar-refractivity contribution in [1.82, 2.24) is 24.6 Å². The first-order valence-electron chi connectivity index (χ1n) is 17.8. The molecule has 0 spiro atoms. The highest BCUT2D eigenvalue weighted by atomic mass is 32.2. The first-order chi connectivity index (χ1) is 22.1. The normalized spacial score (nSPS) is 15.3. The third-order valence-corrected chi connectivity index (χ3v) is 12.0. The van der Waals surface area contributed by atoms with Crippen molar-refractivity contribution >= 4 is 41.2 Å². The Labute approximate surface area is 283 Å². The molecule has 12 heteroatoms. The largest absolute Gasteiger partial charge is 0.382 e. The van der Waals surface area contributed by atoms with Crippen LogP contribution in [0.2, 0.25) is 0 Å². The molecule has 0 saturated heterocycles. The van der Waals surface area contributed by atoms with Gasteiger partial charge in [0, 0.05) is 11.9 Å². The molecule has 0 saturated carbocycles. The number of carbonyl (C=O) groups excluding carboxylic acids is 1. The van der Waals surface area contributed by atoms with Crippen LogP contribution in [0.15, 0.2) is 12.7 Å².